The highest BCUT2D eigenvalue weighted by molar-refractivity contribution is 9.11. The Kier molecular flexibility index (Phi) is 10.1. The first-order valence-electron chi connectivity index (χ1n) is 10.4. The summed E-state index contributed by atoms with van der Waals surface area (Å²) < 4.78 is 12.0. The minimum absolute atomic E-state index is 0.106. The zero-order chi connectivity index (χ0) is 23.0. The van der Waals surface area contributed by atoms with E-state index >= 15 is 0 Å². The molecule has 0 radical (unpaired) electrons. The molecule has 31 heavy (non-hydrogen) atoms. The van der Waals surface area contributed by atoms with E-state index in [0.717, 1.165) is 20.8 Å². The quantitative estimate of drug-likeness (QED) is 0.537. The first-order chi connectivity index (χ1) is 14.6. The van der Waals surface area contributed by atoms with Crippen molar-refractivity contribution in [1.29, 1.82) is 0 Å². The number of thiazole rings is 1. The maximum atomic E-state index is 12.3. The number of hydrogen-bond donors (Lipinski definition) is 1. The van der Waals surface area contributed by atoms with E-state index < -0.39 is 12.1 Å². The van der Waals surface area contributed by atoms with Gasteiger partial charge in [0.25, 0.3) is 0 Å². The van der Waals surface area contributed by atoms with E-state index in [1.165, 1.54) is 17.4 Å². The van der Waals surface area contributed by atoms with Gasteiger partial charge in [-0.15, -0.1) is 11.3 Å². The average molecular weight is 511 g/mol. The number of cyclic esters (lactones) is 2. The number of carbonyl (C=O) groups is 2. The Morgan fingerprint density at radius 1 is 1.26 bits per heavy atom. The predicted octanol–water partition coefficient (Wildman–Crippen LogP) is 4.95. The molecule has 1 aromatic rings. The van der Waals surface area contributed by atoms with Crippen LogP contribution in [0.1, 0.15) is 63.6 Å². The molecular weight excluding hydrogens is 480 g/mol. The van der Waals surface area contributed by atoms with Crippen molar-refractivity contribution < 1.29 is 19.1 Å². The van der Waals surface area contributed by atoms with Gasteiger partial charge in [-0.05, 0) is 37.8 Å². The van der Waals surface area contributed by atoms with E-state index in [-0.39, 0.29) is 30.5 Å². The molecular formula is C23H31BrN2O4S. The normalized spacial score (nSPS) is 30.1. The van der Waals surface area contributed by atoms with Gasteiger partial charge in [0, 0.05) is 36.3 Å². The van der Waals surface area contributed by atoms with E-state index in [1.807, 2.05) is 45.2 Å². The zero-order valence-corrected chi connectivity index (χ0v) is 20.9. The van der Waals surface area contributed by atoms with Gasteiger partial charge in [0.05, 0.1) is 17.1 Å². The molecule has 2 bridgehead atoms. The lowest BCUT2D eigenvalue weighted by Crippen LogP contribution is -2.28. The molecule has 0 aliphatic carbocycles. The molecule has 2 unspecified atom stereocenters. The second kappa shape index (κ2) is 12.3. The molecule has 1 aromatic heterocycles. The van der Waals surface area contributed by atoms with Gasteiger partial charge in [-0.25, -0.2) is 9.78 Å². The number of rotatable bonds is 1. The lowest BCUT2D eigenvalue weighted by atomic mass is 9.98. The minimum Gasteiger partial charge on any atom is -0.462 e. The maximum absolute atomic E-state index is 12.3. The summed E-state index contributed by atoms with van der Waals surface area (Å²) in [6.07, 6.45) is 7.91. The molecule has 2 heterocycles. The largest absolute Gasteiger partial charge is 0.462 e. The van der Waals surface area contributed by atoms with Crippen LogP contribution in [0.25, 0.3) is 0 Å². The van der Waals surface area contributed by atoms with Crippen LogP contribution in [0.3, 0.4) is 0 Å². The van der Waals surface area contributed by atoms with Crippen LogP contribution in [0.2, 0.25) is 0 Å². The van der Waals surface area contributed by atoms with Gasteiger partial charge < -0.3 is 15.2 Å². The molecule has 1 aliphatic rings. The summed E-state index contributed by atoms with van der Waals surface area (Å²) in [4.78, 5) is 29.2. The van der Waals surface area contributed by atoms with Crippen LogP contribution < -0.4 is 5.73 Å². The molecule has 1 aliphatic heterocycles. The number of allylic oxidation sites excluding steroid dienone is 3. The van der Waals surface area contributed by atoms with Crippen LogP contribution in [0.15, 0.2) is 39.7 Å². The van der Waals surface area contributed by atoms with E-state index in [0.29, 0.717) is 19.3 Å². The van der Waals surface area contributed by atoms with E-state index in [1.54, 1.807) is 6.08 Å². The van der Waals surface area contributed by atoms with Crippen LogP contribution in [0.4, 0.5) is 0 Å². The predicted molar refractivity (Wildman–Crippen MR) is 127 cm³/mol. The van der Waals surface area contributed by atoms with Gasteiger partial charge in [-0.1, -0.05) is 40.6 Å². The molecule has 2 rings (SSSR count). The smallest absolute Gasteiger partial charge is 0.331 e. The van der Waals surface area contributed by atoms with Crippen molar-refractivity contribution in [3.63, 3.8) is 0 Å². The molecule has 6 nitrogen and oxygen atoms in total. The molecule has 170 valence electrons. The number of fused-ring (bicyclic) bond motifs is 2. The first-order valence-corrected chi connectivity index (χ1v) is 12.1. The fourth-order valence-corrected chi connectivity index (χ4v) is 4.65. The van der Waals surface area contributed by atoms with Gasteiger partial charge >= 0.3 is 11.9 Å². The lowest BCUT2D eigenvalue weighted by Gasteiger charge is -2.18. The Hall–Kier alpha value is -1.77. The van der Waals surface area contributed by atoms with Crippen molar-refractivity contribution in [3.05, 3.63) is 50.4 Å². The molecule has 0 fully saturated rings. The molecule has 0 saturated heterocycles. The fraction of sp³-hybridized carbons (Fsp3) is 0.522. The SMILES string of the molecule is C/C(Br)=C\[C@H]1Cc2nc(cs2)C(C)CC(N)CC(=O)O[C@@H](C)C/C(C)=C/C=C\C(=O)O1. The highest BCUT2D eigenvalue weighted by atomic mass is 79.9. The fourth-order valence-electron chi connectivity index (χ4n) is 3.40. The minimum atomic E-state index is -0.425. The molecule has 0 aromatic carbocycles. The number of ether oxygens (including phenoxy) is 2. The summed E-state index contributed by atoms with van der Waals surface area (Å²) in [5.41, 5.74) is 8.13. The summed E-state index contributed by atoms with van der Waals surface area (Å²) in [5, 5.41) is 2.88. The first kappa shape index (κ1) is 25.5. The van der Waals surface area contributed by atoms with Gasteiger partial charge in [-0.2, -0.15) is 0 Å². The topological polar surface area (TPSA) is 91.5 Å². The molecule has 0 amide bonds. The van der Waals surface area contributed by atoms with Crippen LogP contribution in [-0.4, -0.2) is 35.2 Å². The monoisotopic (exact) mass is 510 g/mol. The third-order valence-electron chi connectivity index (χ3n) is 4.77. The number of esters is 2. The van der Waals surface area contributed by atoms with Crippen molar-refractivity contribution in [1.82, 2.24) is 4.98 Å². The van der Waals surface area contributed by atoms with Gasteiger partial charge in [0.2, 0.25) is 0 Å². The molecule has 0 saturated carbocycles. The van der Waals surface area contributed by atoms with E-state index in [4.69, 9.17) is 20.2 Å². The number of nitrogens with zero attached hydrogens (tertiary/aromatic N) is 1. The number of hydrogen-bond acceptors (Lipinski definition) is 7. The maximum Gasteiger partial charge on any atom is 0.331 e. The third kappa shape index (κ3) is 9.49. The van der Waals surface area contributed by atoms with Crippen molar-refractivity contribution in [2.75, 3.05) is 0 Å². The Labute approximate surface area is 196 Å². The molecule has 0 spiro atoms. The van der Waals surface area contributed by atoms with Crippen LogP contribution in [-0.2, 0) is 25.5 Å². The van der Waals surface area contributed by atoms with Gasteiger partial charge in [-0.3, -0.25) is 4.79 Å². The second-order valence-corrected chi connectivity index (χ2v) is 10.3. The van der Waals surface area contributed by atoms with E-state index in [2.05, 4.69) is 15.9 Å². The Morgan fingerprint density at radius 2 is 2.00 bits per heavy atom. The zero-order valence-electron chi connectivity index (χ0n) is 18.5. The van der Waals surface area contributed by atoms with E-state index in [9.17, 15) is 9.59 Å². The molecule has 2 N–H and O–H groups in total. The lowest BCUT2D eigenvalue weighted by molar-refractivity contribution is -0.148. The van der Waals surface area contributed by atoms with Crippen molar-refractivity contribution in [3.8, 4) is 0 Å². The van der Waals surface area contributed by atoms with Gasteiger partial charge in [0.15, 0.2) is 0 Å². The third-order valence-corrected chi connectivity index (χ3v) is 5.93. The summed E-state index contributed by atoms with van der Waals surface area (Å²) in [7, 11) is 0. The van der Waals surface area contributed by atoms with Gasteiger partial charge in [0.1, 0.15) is 12.2 Å². The number of carbonyl (C=O) groups excluding carboxylic acids is 2. The average Bonchev–Trinajstić information content (AvgIpc) is 3.08. The highest BCUT2D eigenvalue weighted by Crippen LogP contribution is 2.25. The molecule has 4 atom stereocenters. The van der Waals surface area contributed by atoms with Crippen molar-refractivity contribution >= 4 is 39.2 Å². The summed E-state index contributed by atoms with van der Waals surface area (Å²) in [5.74, 6) is -0.613. The van der Waals surface area contributed by atoms with Crippen molar-refractivity contribution in [2.45, 2.75) is 77.5 Å². The Balaban J connectivity index is 2.26. The Morgan fingerprint density at radius 3 is 2.71 bits per heavy atom. The standard InChI is InChI=1S/C23H31BrN2O4S/c1-14-6-5-7-22(27)30-19(10-16(3)24)12-21-26-20(13-31-21)15(2)9-18(25)11-23(28)29-17(4)8-14/h5-7,10,13,15,17-19H,8-9,11-12,25H2,1-4H3/b7-5-,14-6+,16-10+/t15?,17-,18?,19-/m0/s1. The molecule has 8 heteroatoms. The van der Waals surface area contributed by atoms with Crippen LogP contribution in [0.5, 0.6) is 0 Å². The summed E-state index contributed by atoms with van der Waals surface area (Å²) >= 11 is 4.95. The number of aromatic nitrogens is 1. The number of halogens is 1. The Bertz CT molecular complexity index is 858. The summed E-state index contributed by atoms with van der Waals surface area (Å²) in [6.45, 7) is 7.72. The van der Waals surface area contributed by atoms with Crippen molar-refractivity contribution in [2.24, 2.45) is 5.73 Å². The second-order valence-electron chi connectivity index (χ2n) is 8.08. The van der Waals surface area contributed by atoms with Crippen LogP contribution in [0, 0.1) is 0 Å². The number of nitrogens with two attached hydrogens (primary N) is 1. The summed E-state index contributed by atoms with van der Waals surface area (Å²) in [6, 6.07) is -0.297. The van der Waals surface area contributed by atoms with Crippen LogP contribution >= 0.6 is 27.3 Å². The highest BCUT2D eigenvalue weighted by Gasteiger charge is 2.20.